The van der Waals surface area contributed by atoms with Gasteiger partial charge in [-0.05, 0) is 12.8 Å². The molecule has 1 heterocycles. The zero-order valence-corrected chi connectivity index (χ0v) is 10.9. The third kappa shape index (κ3) is 3.66. The molecule has 0 radical (unpaired) electrons. The summed E-state index contributed by atoms with van der Waals surface area (Å²) in [7, 11) is 0. The maximum absolute atomic E-state index is 12.2. The van der Waals surface area contributed by atoms with Crippen molar-refractivity contribution in [3.8, 4) is 0 Å². The standard InChI is InChI=1S/C12H24N2O3/c1-4-8(2)11(13)12(16)14-5-9(3)17-10(6-14)7-15/h8-11,15H,4-7,13H2,1-3H3/t8-,9?,10?,11-/m0/s1. The first kappa shape index (κ1) is 14.4. The van der Waals surface area contributed by atoms with Crippen LogP contribution in [0.2, 0.25) is 0 Å². The lowest BCUT2D eigenvalue weighted by Gasteiger charge is -2.38. The summed E-state index contributed by atoms with van der Waals surface area (Å²) in [5.41, 5.74) is 5.94. The minimum Gasteiger partial charge on any atom is -0.394 e. The van der Waals surface area contributed by atoms with Gasteiger partial charge in [-0.25, -0.2) is 0 Å². The van der Waals surface area contributed by atoms with Gasteiger partial charge in [0.15, 0.2) is 0 Å². The topological polar surface area (TPSA) is 75.8 Å². The summed E-state index contributed by atoms with van der Waals surface area (Å²) in [6.07, 6.45) is 0.553. The molecule has 2 unspecified atom stereocenters. The van der Waals surface area contributed by atoms with Gasteiger partial charge in [0, 0.05) is 13.1 Å². The Morgan fingerprint density at radius 2 is 2.24 bits per heavy atom. The molecule has 0 aromatic rings. The molecule has 1 rings (SSSR count). The summed E-state index contributed by atoms with van der Waals surface area (Å²) in [5, 5.41) is 9.11. The zero-order valence-electron chi connectivity index (χ0n) is 10.9. The Labute approximate surface area is 103 Å². The molecule has 1 fully saturated rings. The molecule has 5 heteroatoms. The second kappa shape index (κ2) is 6.33. The highest BCUT2D eigenvalue weighted by Gasteiger charge is 2.31. The van der Waals surface area contributed by atoms with Crippen LogP contribution in [0.4, 0.5) is 0 Å². The first-order chi connectivity index (χ1) is 7.99. The summed E-state index contributed by atoms with van der Waals surface area (Å²) >= 11 is 0. The van der Waals surface area contributed by atoms with Crippen LogP contribution in [0.15, 0.2) is 0 Å². The average Bonchev–Trinajstić information content (AvgIpc) is 2.35. The van der Waals surface area contributed by atoms with Crippen LogP contribution in [-0.2, 0) is 9.53 Å². The molecule has 3 N–H and O–H groups in total. The molecule has 1 amide bonds. The molecule has 17 heavy (non-hydrogen) atoms. The normalized spacial score (nSPS) is 28.9. The number of nitrogens with two attached hydrogens (primary N) is 1. The fraction of sp³-hybridized carbons (Fsp3) is 0.917. The molecule has 0 aliphatic carbocycles. The Kier molecular flexibility index (Phi) is 5.36. The van der Waals surface area contributed by atoms with Crippen molar-refractivity contribution in [2.45, 2.75) is 45.4 Å². The molecule has 0 saturated carbocycles. The SMILES string of the molecule is CC[C@H](C)[C@H](N)C(=O)N1CC(C)OC(CO)C1. The number of rotatable bonds is 4. The fourth-order valence-electron chi connectivity index (χ4n) is 2.03. The Morgan fingerprint density at radius 1 is 1.59 bits per heavy atom. The van der Waals surface area contributed by atoms with Gasteiger partial charge in [-0.3, -0.25) is 4.79 Å². The maximum atomic E-state index is 12.2. The number of carbonyl (C=O) groups excluding carboxylic acids is 1. The number of morpholine rings is 1. The lowest BCUT2D eigenvalue weighted by atomic mass is 9.98. The third-order valence-corrected chi connectivity index (χ3v) is 3.38. The molecule has 1 aliphatic heterocycles. The molecule has 0 aromatic carbocycles. The van der Waals surface area contributed by atoms with E-state index in [4.69, 9.17) is 15.6 Å². The maximum Gasteiger partial charge on any atom is 0.239 e. The van der Waals surface area contributed by atoms with Crippen molar-refractivity contribution >= 4 is 5.91 Å². The van der Waals surface area contributed by atoms with Crippen LogP contribution >= 0.6 is 0 Å². The van der Waals surface area contributed by atoms with E-state index in [0.717, 1.165) is 6.42 Å². The summed E-state index contributed by atoms with van der Waals surface area (Å²) in [4.78, 5) is 13.9. The fourth-order valence-corrected chi connectivity index (χ4v) is 2.03. The monoisotopic (exact) mass is 244 g/mol. The van der Waals surface area contributed by atoms with Crippen molar-refractivity contribution in [3.63, 3.8) is 0 Å². The predicted molar refractivity (Wildman–Crippen MR) is 65.4 cm³/mol. The molecule has 0 aromatic heterocycles. The van der Waals surface area contributed by atoms with Crippen LogP contribution in [0.1, 0.15) is 27.2 Å². The number of aliphatic hydroxyl groups is 1. The van der Waals surface area contributed by atoms with Gasteiger partial charge in [0.1, 0.15) is 0 Å². The van der Waals surface area contributed by atoms with Gasteiger partial charge in [-0.15, -0.1) is 0 Å². The van der Waals surface area contributed by atoms with E-state index in [2.05, 4.69) is 0 Å². The van der Waals surface area contributed by atoms with Crippen molar-refractivity contribution in [2.75, 3.05) is 19.7 Å². The van der Waals surface area contributed by atoms with Gasteiger partial charge in [-0.2, -0.15) is 0 Å². The summed E-state index contributed by atoms with van der Waals surface area (Å²) in [5.74, 6) is 0.140. The van der Waals surface area contributed by atoms with E-state index in [-0.39, 0.29) is 30.6 Å². The van der Waals surface area contributed by atoms with Crippen LogP contribution in [0.25, 0.3) is 0 Å². The van der Waals surface area contributed by atoms with Gasteiger partial charge in [-0.1, -0.05) is 20.3 Å². The Hall–Kier alpha value is -0.650. The number of hydrogen-bond donors (Lipinski definition) is 2. The Balaban J connectivity index is 2.61. The third-order valence-electron chi connectivity index (χ3n) is 3.38. The van der Waals surface area contributed by atoms with Crippen LogP contribution in [-0.4, -0.2) is 53.9 Å². The zero-order chi connectivity index (χ0) is 13.0. The Bertz CT molecular complexity index is 260. The summed E-state index contributed by atoms with van der Waals surface area (Å²) in [6, 6.07) is -0.454. The number of amides is 1. The van der Waals surface area contributed by atoms with Crippen LogP contribution in [0, 0.1) is 5.92 Å². The second-order valence-electron chi connectivity index (χ2n) is 4.91. The van der Waals surface area contributed by atoms with Gasteiger partial charge >= 0.3 is 0 Å². The van der Waals surface area contributed by atoms with E-state index < -0.39 is 6.04 Å². The van der Waals surface area contributed by atoms with Crippen molar-refractivity contribution < 1.29 is 14.6 Å². The molecule has 4 atom stereocenters. The molecule has 100 valence electrons. The predicted octanol–water partition coefficient (Wildman–Crippen LogP) is -0.0320. The molecular weight excluding hydrogens is 220 g/mol. The first-order valence-corrected chi connectivity index (χ1v) is 6.30. The molecule has 5 nitrogen and oxygen atoms in total. The number of hydrogen-bond acceptors (Lipinski definition) is 4. The van der Waals surface area contributed by atoms with Gasteiger partial charge in [0.2, 0.25) is 5.91 Å². The number of carbonyl (C=O) groups is 1. The van der Waals surface area contributed by atoms with E-state index in [1.807, 2.05) is 20.8 Å². The summed E-state index contributed by atoms with van der Waals surface area (Å²) in [6.45, 7) is 6.83. The highest BCUT2D eigenvalue weighted by atomic mass is 16.5. The van der Waals surface area contributed by atoms with E-state index >= 15 is 0 Å². The molecule has 1 aliphatic rings. The van der Waals surface area contributed by atoms with Crippen LogP contribution in [0.3, 0.4) is 0 Å². The lowest BCUT2D eigenvalue weighted by Crippen LogP contribution is -2.55. The van der Waals surface area contributed by atoms with E-state index in [0.29, 0.717) is 13.1 Å². The number of aliphatic hydroxyl groups excluding tert-OH is 1. The van der Waals surface area contributed by atoms with E-state index in [1.165, 1.54) is 0 Å². The van der Waals surface area contributed by atoms with Crippen LogP contribution in [0.5, 0.6) is 0 Å². The average molecular weight is 244 g/mol. The highest BCUT2D eigenvalue weighted by molar-refractivity contribution is 5.82. The van der Waals surface area contributed by atoms with E-state index in [1.54, 1.807) is 4.90 Å². The quantitative estimate of drug-likeness (QED) is 0.728. The first-order valence-electron chi connectivity index (χ1n) is 6.30. The molecule has 1 saturated heterocycles. The lowest BCUT2D eigenvalue weighted by molar-refractivity contribution is -0.149. The van der Waals surface area contributed by atoms with Gasteiger partial charge in [0.05, 0.1) is 24.9 Å². The Morgan fingerprint density at radius 3 is 2.76 bits per heavy atom. The summed E-state index contributed by atoms with van der Waals surface area (Å²) < 4.78 is 5.50. The van der Waals surface area contributed by atoms with Crippen LogP contribution < -0.4 is 5.73 Å². The number of nitrogens with zero attached hydrogens (tertiary/aromatic N) is 1. The van der Waals surface area contributed by atoms with Crippen molar-refractivity contribution in [2.24, 2.45) is 11.7 Å². The second-order valence-corrected chi connectivity index (χ2v) is 4.91. The molecule has 0 spiro atoms. The van der Waals surface area contributed by atoms with Crippen molar-refractivity contribution in [1.29, 1.82) is 0 Å². The van der Waals surface area contributed by atoms with E-state index in [9.17, 15) is 4.79 Å². The minimum atomic E-state index is -0.454. The number of ether oxygens (including phenoxy) is 1. The molecule has 0 bridgehead atoms. The largest absolute Gasteiger partial charge is 0.394 e. The van der Waals surface area contributed by atoms with Crippen molar-refractivity contribution in [3.05, 3.63) is 0 Å². The van der Waals surface area contributed by atoms with Gasteiger partial charge < -0.3 is 20.5 Å². The molecular formula is C12H24N2O3. The smallest absolute Gasteiger partial charge is 0.239 e. The van der Waals surface area contributed by atoms with Crippen molar-refractivity contribution in [1.82, 2.24) is 4.90 Å². The van der Waals surface area contributed by atoms with Gasteiger partial charge in [0.25, 0.3) is 0 Å². The minimum absolute atomic E-state index is 0.0343. The highest BCUT2D eigenvalue weighted by Crippen LogP contribution is 2.15.